The Labute approximate surface area is 194 Å². The first-order valence-electron chi connectivity index (χ1n) is 8.91. The van der Waals surface area contributed by atoms with E-state index in [1.807, 2.05) is 0 Å². The summed E-state index contributed by atoms with van der Waals surface area (Å²) < 4.78 is 16.7. The van der Waals surface area contributed by atoms with Gasteiger partial charge < -0.3 is 24.5 Å². The van der Waals surface area contributed by atoms with Crippen LogP contribution in [0.15, 0.2) is 46.0 Å². The monoisotopic (exact) mass is 544 g/mol. The molecule has 0 aliphatic carbocycles. The van der Waals surface area contributed by atoms with E-state index in [0.29, 0.717) is 0 Å². The van der Waals surface area contributed by atoms with Gasteiger partial charge in [-0.2, -0.15) is 0 Å². The number of halogens is 1. The summed E-state index contributed by atoms with van der Waals surface area (Å²) in [4.78, 5) is 69.6. The number of fused-ring (bicyclic) bond motifs is 1. The maximum atomic E-state index is 12.1. The highest BCUT2D eigenvalue weighted by atomic mass is 79.9. The molecule has 0 radical (unpaired) electrons. The van der Waals surface area contributed by atoms with Crippen LogP contribution in [-0.4, -0.2) is 37.8 Å². The molecule has 15 heteroatoms. The van der Waals surface area contributed by atoms with Crippen LogP contribution in [0.25, 0.3) is 11.0 Å². The number of ether oxygens (including phenoxy) is 1. The van der Waals surface area contributed by atoms with Gasteiger partial charge in [0, 0.05) is 18.7 Å². The molecule has 3 aromatic rings. The lowest BCUT2D eigenvalue weighted by Gasteiger charge is -2.21. The fourth-order valence-corrected chi connectivity index (χ4v) is 3.97. The van der Waals surface area contributed by atoms with E-state index in [4.69, 9.17) is 0 Å². The largest absolute Gasteiger partial charge is 0.465 e. The number of carbonyl (C=O) groups is 1. The molecule has 2 aromatic carbocycles. The van der Waals surface area contributed by atoms with E-state index in [0.717, 1.165) is 12.1 Å². The van der Waals surface area contributed by atoms with Crippen molar-refractivity contribution in [3.8, 4) is 0 Å². The minimum atomic E-state index is -4.78. The van der Waals surface area contributed by atoms with Crippen LogP contribution in [0.5, 0.6) is 0 Å². The van der Waals surface area contributed by atoms with Crippen molar-refractivity contribution >= 4 is 47.3 Å². The Morgan fingerprint density at radius 1 is 1.18 bits per heavy atom. The van der Waals surface area contributed by atoms with Crippen molar-refractivity contribution in [2.24, 2.45) is 0 Å². The standard InChI is InChI=1S/C18H17N4O9P.BrH/c1-31-18(25)10-4-2-9(3-5-10)17(32(28,29)30)19-8-11-6-12(22(26)27)7-13-14(11)21-16(24)15(23)20-13;/h2-7,17,19H,8H2,1H3,(H,20,23)(H,21,24)(H2,28,29,30);1H. The average Bonchev–Trinajstić information content (AvgIpc) is 2.73. The number of non-ortho nitro benzene ring substituents is 1. The van der Waals surface area contributed by atoms with E-state index in [2.05, 4.69) is 20.0 Å². The molecular formula is C18H18BrN4O9P. The normalized spacial score (nSPS) is 12.1. The van der Waals surface area contributed by atoms with Crippen LogP contribution >= 0.6 is 24.6 Å². The van der Waals surface area contributed by atoms with Crippen molar-refractivity contribution in [1.29, 1.82) is 0 Å². The molecular weight excluding hydrogens is 527 g/mol. The maximum absolute atomic E-state index is 12.1. The molecule has 0 bridgehead atoms. The number of aromatic amines is 2. The van der Waals surface area contributed by atoms with Crippen LogP contribution in [0.4, 0.5) is 5.69 Å². The van der Waals surface area contributed by atoms with Crippen molar-refractivity contribution in [3.05, 3.63) is 83.9 Å². The third-order valence-electron chi connectivity index (χ3n) is 4.58. The van der Waals surface area contributed by atoms with Crippen LogP contribution in [0.3, 0.4) is 0 Å². The number of methoxy groups -OCH3 is 1. The fraction of sp³-hybridized carbons (Fsp3) is 0.167. The molecule has 0 spiro atoms. The number of aromatic nitrogens is 2. The molecule has 176 valence electrons. The molecule has 13 nitrogen and oxygen atoms in total. The summed E-state index contributed by atoms with van der Waals surface area (Å²) in [5.74, 6) is -2.16. The Morgan fingerprint density at radius 2 is 1.79 bits per heavy atom. The van der Waals surface area contributed by atoms with Gasteiger partial charge in [0.1, 0.15) is 5.78 Å². The first-order valence-corrected chi connectivity index (χ1v) is 10.6. The predicted molar refractivity (Wildman–Crippen MR) is 122 cm³/mol. The molecule has 1 atom stereocenters. The van der Waals surface area contributed by atoms with Crippen LogP contribution < -0.4 is 16.4 Å². The number of rotatable bonds is 7. The number of hydrogen-bond acceptors (Lipinski definition) is 8. The highest BCUT2D eigenvalue weighted by molar-refractivity contribution is 8.93. The zero-order chi connectivity index (χ0) is 23.6. The van der Waals surface area contributed by atoms with Gasteiger partial charge in [-0.15, -0.1) is 17.0 Å². The highest BCUT2D eigenvalue weighted by Gasteiger charge is 2.30. The summed E-state index contributed by atoms with van der Waals surface area (Å²) in [7, 11) is -3.59. The zero-order valence-corrected chi connectivity index (χ0v) is 19.4. The third kappa shape index (κ3) is 5.80. The number of nitrogens with one attached hydrogen (secondary N) is 3. The van der Waals surface area contributed by atoms with Gasteiger partial charge in [0.2, 0.25) is 0 Å². The highest BCUT2D eigenvalue weighted by Crippen LogP contribution is 2.50. The van der Waals surface area contributed by atoms with Crippen molar-refractivity contribution < 1.29 is 28.8 Å². The first kappa shape index (κ1) is 26.1. The smallest absolute Gasteiger partial charge is 0.346 e. The van der Waals surface area contributed by atoms with E-state index in [1.54, 1.807) is 0 Å². The molecule has 0 saturated carbocycles. The van der Waals surface area contributed by atoms with Gasteiger partial charge >= 0.3 is 24.7 Å². The van der Waals surface area contributed by atoms with E-state index < -0.39 is 41.1 Å². The third-order valence-corrected chi connectivity index (χ3v) is 5.73. The Bertz CT molecular complexity index is 1360. The number of nitro groups is 1. The van der Waals surface area contributed by atoms with Crippen LogP contribution in [-0.2, 0) is 15.8 Å². The quantitative estimate of drug-likeness (QED) is 0.0950. The number of nitro benzene ring substituents is 1. The molecule has 0 aliphatic rings. The van der Waals surface area contributed by atoms with Gasteiger partial charge in [0.25, 0.3) is 5.69 Å². The molecule has 0 fully saturated rings. The van der Waals surface area contributed by atoms with Gasteiger partial charge in [0.15, 0.2) is 0 Å². The molecule has 1 heterocycles. The van der Waals surface area contributed by atoms with Crippen LogP contribution in [0.1, 0.15) is 27.3 Å². The summed E-state index contributed by atoms with van der Waals surface area (Å²) in [5, 5.41) is 13.9. The summed E-state index contributed by atoms with van der Waals surface area (Å²) in [6.45, 7) is -0.311. The van der Waals surface area contributed by atoms with Gasteiger partial charge in [-0.3, -0.25) is 29.6 Å². The average molecular weight is 545 g/mol. The van der Waals surface area contributed by atoms with E-state index in [1.165, 1.54) is 31.4 Å². The minimum Gasteiger partial charge on any atom is -0.465 e. The Hall–Kier alpha value is -3.16. The van der Waals surface area contributed by atoms with Crippen molar-refractivity contribution in [2.45, 2.75) is 12.3 Å². The number of esters is 1. The number of nitrogens with zero attached hydrogens (tertiary/aromatic N) is 1. The number of hydrogen-bond donors (Lipinski definition) is 5. The fourth-order valence-electron chi connectivity index (χ4n) is 3.08. The number of carbonyl (C=O) groups excluding carboxylic acids is 1. The molecule has 0 aliphatic heterocycles. The number of benzene rings is 2. The summed E-state index contributed by atoms with van der Waals surface area (Å²) >= 11 is 0. The molecule has 0 amide bonds. The summed E-state index contributed by atoms with van der Waals surface area (Å²) in [5.41, 5.74) is -1.91. The molecule has 0 saturated heterocycles. The molecule has 5 N–H and O–H groups in total. The topological polar surface area (TPSA) is 205 Å². The Kier molecular flexibility index (Phi) is 8.06. The number of H-pyrrole nitrogens is 2. The first-order chi connectivity index (χ1) is 15.0. The van der Waals surface area contributed by atoms with E-state index in [-0.39, 0.29) is 51.2 Å². The maximum Gasteiger partial charge on any atom is 0.346 e. The molecule has 1 aromatic heterocycles. The van der Waals surface area contributed by atoms with Crippen molar-refractivity contribution in [2.75, 3.05) is 7.11 Å². The van der Waals surface area contributed by atoms with Gasteiger partial charge in [-0.1, -0.05) is 12.1 Å². The second-order valence-electron chi connectivity index (χ2n) is 6.68. The predicted octanol–water partition coefficient (Wildman–Crippen LogP) is 1.46. The molecule has 3 rings (SSSR count). The van der Waals surface area contributed by atoms with Gasteiger partial charge in [-0.25, -0.2) is 4.79 Å². The second-order valence-corrected chi connectivity index (χ2v) is 8.37. The SMILES string of the molecule is Br.COC(=O)c1ccc(C(NCc2cc([N+](=O)[O-])cc3[nH]c(=O)c(=O)[nH]c23)P(=O)(O)O)cc1. The van der Waals surface area contributed by atoms with Crippen LogP contribution in [0, 0.1) is 10.1 Å². The van der Waals surface area contributed by atoms with Crippen molar-refractivity contribution in [3.63, 3.8) is 0 Å². The zero-order valence-electron chi connectivity index (χ0n) is 16.8. The van der Waals surface area contributed by atoms with Gasteiger partial charge in [-0.05, 0) is 23.3 Å². The van der Waals surface area contributed by atoms with E-state index in [9.17, 15) is 38.8 Å². The van der Waals surface area contributed by atoms with Crippen molar-refractivity contribution in [1.82, 2.24) is 15.3 Å². The minimum absolute atomic E-state index is 0. The van der Waals surface area contributed by atoms with E-state index >= 15 is 0 Å². The summed E-state index contributed by atoms with van der Waals surface area (Å²) in [6, 6.07) is 7.48. The Balaban J connectivity index is 0.00000385. The molecule has 1 unspecified atom stereocenters. The lowest BCUT2D eigenvalue weighted by molar-refractivity contribution is -0.384. The lowest BCUT2D eigenvalue weighted by atomic mass is 10.1. The van der Waals surface area contributed by atoms with Gasteiger partial charge in [0.05, 0.1) is 28.6 Å². The van der Waals surface area contributed by atoms with Crippen LogP contribution in [0.2, 0.25) is 0 Å². The summed E-state index contributed by atoms with van der Waals surface area (Å²) in [6.07, 6.45) is 0. The Morgan fingerprint density at radius 3 is 2.33 bits per heavy atom. The second kappa shape index (κ2) is 10.2. The lowest BCUT2D eigenvalue weighted by Crippen LogP contribution is -2.29. The molecule has 33 heavy (non-hydrogen) atoms.